The number of fused-ring (bicyclic) bond motifs is 1. The number of carbonyl (C=O) groups is 1. The van der Waals surface area contributed by atoms with Crippen LogP contribution in [-0.2, 0) is 13.0 Å². The average molecular weight is 374 g/mol. The van der Waals surface area contributed by atoms with E-state index in [9.17, 15) is 9.18 Å². The maximum atomic E-state index is 13.1. The fraction of sp³-hybridized carbons (Fsp3) is 0.208. The van der Waals surface area contributed by atoms with Crippen LogP contribution in [0.4, 0.5) is 10.1 Å². The van der Waals surface area contributed by atoms with Gasteiger partial charge in [-0.15, -0.1) is 0 Å². The Balaban J connectivity index is 1.39. The van der Waals surface area contributed by atoms with Crippen molar-refractivity contribution in [2.75, 3.05) is 11.4 Å². The molecule has 1 atom stereocenters. The number of nitrogens with zero attached hydrogens (tertiary/aromatic N) is 1. The second kappa shape index (κ2) is 7.85. The summed E-state index contributed by atoms with van der Waals surface area (Å²) in [4.78, 5) is 14.9. The first-order valence-electron chi connectivity index (χ1n) is 9.58. The molecule has 0 saturated heterocycles. The van der Waals surface area contributed by atoms with E-state index in [1.54, 1.807) is 12.1 Å². The second-order valence-corrected chi connectivity index (χ2v) is 7.24. The van der Waals surface area contributed by atoms with Crippen LogP contribution in [0.1, 0.15) is 40.0 Å². The van der Waals surface area contributed by atoms with Gasteiger partial charge in [-0.3, -0.25) is 4.79 Å². The molecule has 1 aliphatic heterocycles. The molecule has 0 fully saturated rings. The number of halogens is 1. The van der Waals surface area contributed by atoms with E-state index >= 15 is 0 Å². The molecule has 1 amide bonds. The lowest BCUT2D eigenvalue weighted by atomic mass is 10.1. The highest BCUT2D eigenvalue weighted by atomic mass is 19.1. The van der Waals surface area contributed by atoms with Crippen LogP contribution < -0.4 is 10.2 Å². The predicted molar refractivity (Wildman–Crippen MR) is 110 cm³/mol. The summed E-state index contributed by atoms with van der Waals surface area (Å²) in [6, 6.07) is 22.3. The van der Waals surface area contributed by atoms with Crippen molar-refractivity contribution in [3.63, 3.8) is 0 Å². The van der Waals surface area contributed by atoms with E-state index in [-0.39, 0.29) is 17.8 Å². The first-order chi connectivity index (χ1) is 13.6. The topological polar surface area (TPSA) is 32.3 Å². The van der Waals surface area contributed by atoms with E-state index in [0.29, 0.717) is 5.56 Å². The minimum Gasteiger partial charge on any atom is -0.367 e. The van der Waals surface area contributed by atoms with Gasteiger partial charge in [0.25, 0.3) is 5.91 Å². The standard InChI is InChI=1S/C24H23FN2O/c1-17(19-10-12-22(25)13-11-19)26-24(28)21-8-6-18(7-9-21)16-27-15-14-20-4-2-3-5-23(20)27/h2-13,17H,14-16H2,1H3,(H,26,28). The zero-order chi connectivity index (χ0) is 19.5. The lowest BCUT2D eigenvalue weighted by Crippen LogP contribution is -2.26. The van der Waals surface area contributed by atoms with E-state index < -0.39 is 0 Å². The lowest BCUT2D eigenvalue weighted by molar-refractivity contribution is 0.0940. The van der Waals surface area contributed by atoms with E-state index in [1.165, 1.54) is 28.9 Å². The van der Waals surface area contributed by atoms with Crippen LogP contribution in [0.3, 0.4) is 0 Å². The highest BCUT2D eigenvalue weighted by Crippen LogP contribution is 2.28. The number of nitrogens with one attached hydrogen (secondary N) is 1. The van der Waals surface area contributed by atoms with Gasteiger partial charge in [0.05, 0.1) is 6.04 Å². The number of hydrogen-bond acceptors (Lipinski definition) is 2. The highest BCUT2D eigenvalue weighted by molar-refractivity contribution is 5.94. The van der Waals surface area contributed by atoms with Crippen molar-refractivity contribution in [2.45, 2.75) is 25.9 Å². The molecular weight excluding hydrogens is 351 g/mol. The molecule has 1 N–H and O–H groups in total. The summed E-state index contributed by atoms with van der Waals surface area (Å²) in [5.74, 6) is -0.409. The van der Waals surface area contributed by atoms with Crippen LogP contribution in [0.15, 0.2) is 72.8 Å². The van der Waals surface area contributed by atoms with Gasteiger partial charge in [-0.1, -0.05) is 42.5 Å². The zero-order valence-electron chi connectivity index (χ0n) is 15.9. The number of para-hydroxylation sites is 1. The Morgan fingerprint density at radius 1 is 1.04 bits per heavy atom. The molecule has 28 heavy (non-hydrogen) atoms. The Bertz CT molecular complexity index is 967. The van der Waals surface area contributed by atoms with Crippen LogP contribution in [0, 0.1) is 5.82 Å². The summed E-state index contributed by atoms with van der Waals surface area (Å²) in [5.41, 5.74) is 5.38. The van der Waals surface area contributed by atoms with Gasteiger partial charge in [0, 0.05) is 24.3 Å². The summed E-state index contributed by atoms with van der Waals surface area (Å²) in [6.45, 7) is 3.76. The summed E-state index contributed by atoms with van der Waals surface area (Å²) in [7, 11) is 0. The van der Waals surface area contributed by atoms with Gasteiger partial charge in [-0.05, 0) is 60.4 Å². The van der Waals surface area contributed by atoms with E-state index in [1.807, 2.05) is 31.2 Å². The molecule has 0 saturated carbocycles. The molecule has 0 aliphatic carbocycles. The lowest BCUT2D eigenvalue weighted by Gasteiger charge is -2.19. The van der Waals surface area contributed by atoms with Crippen molar-refractivity contribution in [2.24, 2.45) is 0 Å². The Hall–Kier alpha value is -3.14. The molecule has 3 nitrogen and oxygen atoms in total. The predicted octanol–water partition coefficient (Wildman–Crippen LogP) is 4.88. The van der Waals surface area contributed by atoms with E-state index in [0.717, 1.165) is 25.1 Å². The summed E-state index contributed by atoms with van der Waals surface area (Å²) in [5, 5.41) is 2.97. The quantitative estimate of drug-likeness (QED) is 0.690. The van der Waals surface area contributed by atoms with E-state index in [4.69, 9.17) is 0 Å². The van der Waals surface area contributed by atoms with Crippen LogP contribution in [0.2, 0.25) is 0 Å². The van der Waals surface area contributed by atoms with Crippen LogP contribution >= 0.6 is 0 Å². The molecule has 142 valence electrons. The first kappa shape index (κ1) is 18.2. The van der Waals surface area contributed by atoms with Crippen molar-refractivity contribution in [3.05, 3.63) is 101 Å². The number of rotatable bonds is 5. The molecule has 0 bridgehead atoms. The molecule has 3 aromatic rings. The smallest absolute Gasteiger partial charge is 0.251 e. The summed E-state index contributed by atoms with van der Waals surface area (Å²) in [6.07, 6.45) is 1.08. The molecule has 1 heterocycles. The number of hydrogen-bond donors (Lipinski definition) is 1. The first-order valence-corrected chi connectivity index (χ1v) is 9.58. The molecule has 0 radical (unpaired) electrons. The highest BCUT2D eigenvalue weighted by Gasteiger charge is 2.18. The monoisotopic (exact) mass is 374 g/mol. The summed E-state index contributed by atoms with van der Waals surface area (Å²) >= 11 is 0. The van der Waals surface area contributed by atoms with Gasteiger partial charge < -0.3 is 10.2 Å². The van der Waals surface area contributed by atoms with Crippen molar-refractivity contribution < 1.29 is 9.18 Å². The number of carbonyl (C=O) groups excluding carboxylic acids is 1. The molecule has 4 rings (SSSR count). The maximum Gasteiger partial charge on any atom is 0.251 e. The van der Waals surface area contributed by atoms with Gasteiger partial charge >= 0.3 is 0 Å². The third kappa shape index (κ3) is 3.91. The molecule has 1 unspecified atom stereocenters. The minimum absolute atomic E-state index is 0.130. The molecule has 0 spiro atoms. The fourth-order valence-electron chi connectivity index (χ4n) is 3.67. The number of benzene rings is 3. The van der Waals surface area contributed by atoms with Crippen molar-refractivity contribution >= 4 is 11.6 Å². The fourth-order valence-corrected chi connectivity index (χ4v) is 3.67. The van der Waals surface area contributed by atoms with Crippen LogP contribution in [-0.4, -0.2) is 12.5 Å². The Kier molecular flexibility index (Phi) is 5.11. The van der Waals surface area contributed by atoms with E-state index in [2.05, 4.69) is 34.5 Å². The van der Waals surface area contributed by atoms with Gasteiger partial charge in [-0.2, -0.15) is 0 Å². The van der Waals surface area contributed by atoms with Crippen molar-refractivity contribution in [1.82, 2.24) is 5.32 Å². The third-order valence-corrected chi connectivity index (χ3v) is 5.29. The Morgan fingerprint density at radius 3 is 2.50 bits per heavy atom. The Labute approximate surface area is 164 Å². The van der Waals surface area contributed by atoms with Gasteiger partial charge in [0.15, 0.2) is 0 Å². The molecule has 3 aromatic carbocycles. The van der Waals surface area contributed by atoms with Gasteiger partial charge in [0.1, 0.15) is 5.82 Å². The molecule has 0 aromatic heterocycles. The normalized spacial score (nSPS) is 13.9. The average Bonchev–Trinajstić information content (AvgIpc) is 3.12. The molecular formula is C24H23FN2O. The SMILES string of the molecule is CC(NC(=O)c1ccc(CN2CCc3ccccc32)cc1)c1ccc(F)cc1. The molecule has 4 heteroatoms. The number of amides is 1. The van der Waals surface area contributed by atoms with Gasteiger partial charge in [-0.25, -0.2) is 4.39 Å². The number of anilines is 1. The Morgan fingerprint density at radius 2 is 1.75 bits per heavy atom. The maximum absolute atomic E-state index is 13.1. The van der Waals surface area contributed by atoms with Gasteiger partial charge in [0.2, 0.25) is 0 Å². The minimum atomic E-state index is -0.279. The largest absolute Gasteiger partial charge is 0.367 e. The third-order valence-electron chi connectivity index (χ3n) is 5.29. The van der Waals surface area contributed by atoms with Crippen LogP contribution in [0.5, 0.6) is 0 Å². The van der Waals surface area contributed by atoms with Crippen molar-refractivity contribution in [3.8, 4) is 0 Å². The van der Waals surface area contributed by atoms with Crippen molar-refractivity contribution in [1.29, 1.82) is 0 Å². The summed E-state index contributed by atoms with van der Waals surface area (Å²) < 4.78 is 13.1. The molecule has 1 aliphatic rings. The second-order valence-electron chi connectivity index (χ2n) is 7.24. The zero-order valence-corrected chi connectivity index (χ0v) is 15.9. The van der Waals surface area contributed by atoms with Crippen LogP contribution in [0.25, 0.3) is 0 Å².